The van der Waals surface area contributed by atoms with Crippen LogP contribution in [0.1, 0.15) is 10.4 Å². The maximum Gasteiger partial charge on any atom is 0.123 e. The molecule has 0 saturated heterocycles. The molecule has 0 unspecified atom stereocenters. The molecule has 5 heteroatoms. The number of hydrogen-bond acceptors (Lipinski definition) is 3. The third-order valence-corrected chi connectivity index (χ3v) is 4.13. The molecule has 1 aromatic carbocycles. The predicted molar refractivity (Wildman–Crippen MR) is 80.6 cm³/mol. The maximum atomic E-state index is 5.88. The minimum Gasteiger partial charge on any atom is -0.488 e. The van der Waals surface area contributed by atoms with Crippen LogP contribution in [-0.2, 0) is 13.0 Å². The molecular weight excluding hydrogens is 334 g/mol. The van der Waals surface area contributed by atoms with Gasteiger partial charge in [0, 0.05) is 9.35 Å². The molecule has 0 aliphatic carbocycles. The number of ether oxygens (including phenoxy) is 1. The van der Waals surface area contributed by atoms with Crippen LogP contribution in [0.3, 0.4) is 0 Å². The summed E-state index contributed by atoms with van der Waals surface area (Å²) in [4.78, 5) is 1.11. The van der Waals surface area contributed by atoms with E-state index in [0.29, 0.717) is 13.2 Å². The topological polar surface area (TPSA) is 35.2 Å². The fourth-order valence-electron chi connectivity index (χ4n) is 1.62. The van der Waals surface area contributed by atoms with Gasteiger partial charge in [0.1, 0.15) is 12.4 Å². The molecule has 96 valence electrons. The van der Waals surface area contributed by atoms with Crippen molar-refractivity contribution in [2.45, 2.75) is 13.0 Å². The second-order valence-electron chi connectivity index (χ2n) is 3.79. The van der Waals surface area contributed by atoms with Crippen molar-refractivity contribution in [3.63, 3.8) is 0 Å². The second-order valence-corrected chi connectivity index (χ2v) is 6.50. The molecule has 0 bridgehead atoms. The van der Waals surface area contributed by atoms with Gasteiger partial charge in [0.25, 0.3) is 0 Å². The first-order valence-electron chi connectivity index (χ1n) is 5.54. The Kier molecular flexibility index (Phi) is 5.06. The second kappa shape index (κ2) is 6.57. The molecular formula is C13H13BrClNOS. The summed E-state index contributed by atoms with van der Waals surface area (Å²) in [6.45, 7) is 1.15. The molecule has 0 atom stereocenters. The lowest BCUT2D eigenvalue weighted by Gasteiger charge is -2.10. The number of hydrogen-bond donors (Lipinski definition) is 1. The van der Waals surface area contributed by atoms with Crippen molar-refractivity contribution in [3.8, 4) is 5.75 Å². The molecule has 0 spiro atoms. The zero-order valence-corrected chi connectivity index (χ0v) is 12.8. The quantitative estimate of drug-likeness (QED) is 0.878. The van der Waals surface area contributed by atoms with Crippen LogP contribution < -0.4 is 10.5 Å². The monoisotopic (exact) mass is 345 g/mol. The fourth-order valence-corrected chi connectivity index (χ4v) is 3.03. The van der Waals surface area contributed by atoms with Gasteiger partial charge in [-0.1, -0.05) is 27.5 Å². The summed E-state index contributed by atoms with van der Waals surface area (Å²) in [7, 11) is 0. The van der Waals surface area contributed by atoms with E-state index in [4.69, 9.17) is 22.1 Å². The van der Waals surface area contributed by atoms with Crippen LogP contribution >= 0.6 is 38.9 Å². The van der Waals surface area contributed by atoms with Crippen LogP contribution in [0.4, 0.5) is 0 Å². The van der Waals surface area contributed by atoms with Gasteiger partial charge < -0.3 is 10.5 Å². The van der Waals surface area contributed by atoms with E-state index in [0.717, 1.165) is 31.4 Å². The van der Waals surface area contributed by atoms with Gasteiger partial charge in [0.2, 0.25) is 0 Å². The molecule has 1 heterocycles. The first-order valence-corrected chi connectivity index (χ1v) is 7.53. The molecule has 1 aromatic heterocycles. The van der Waals surface area contributed by atoms with Gasteiger partial charge in [0.15, 0.2) is 0 Å². The van der Waals surface area contributed by atoms with Crippen molar-refractivity contribution < 1.29 is 4.74 Å². The lowest BCUT2D eigenvalue weighted by Crippen LogP contribution is -2.05. The number of halogens is 2. The van der Waals surface area contributed by atoms with Gasteiger partial charge in [-0.3, -0.25) is 0 Å². The first-order chi connectivity index (χ1) is 8.69. The molecule has 2 rings (SSSR count). The molecule has 2 aromatic rings. The third kappa shape index (κ3) is 3.72. The Morgan fingerprint density at radius 2 is 2.11 bits per heavy atom. The standard InChI is InChI=1S/C13H13BrClNOS/c14-10-1-3-12(9(7-10)5-6-16)17-8-11-2-4-13(15)18-11/h1-4,7H,5-6,8,16H2. The molecule has 2 nitrogen and oxygen atoms in total. The minimum absolute atomic E-state index is 0.538. The fraction of sp³-hybridized carbons (Fsp3) is 0.231. The van der Waals surface area contributed by atoms with E-state index >= 15 is 0 Å². The minimum atomic E-state index is 0.538. The molecule has 0 radical (unpaired) electrons. The Bertz CT molecular complexity index is 529. The average Bonchev–Trinajstić information content (AvgIpc) is 2.75. The van der Waals surface area contributed by atoms with Crippen molar-refractivity contribution >= 4 is 38.9 Å². The lowest BCUT2D eigenvalue weighted by atomic mass is 10.1. The van der Waals surface area contributed by atoms with Crippen molar-refractivity contribution in [3.05, 3.63) is 49.6 Å². The average molecular weight is 347 g/mol. The Morgan fingerprint density at radius 3 is 2.78 bits per heavy atom. The number of rotatable bonds is 5. The summed E-state index contributed by atoms with van der Waals surface area (Å²) < 4.78 is 7.64. The van der Waals surface area contributed by atoms with Crippen molar-refractivity contribution in [2.24, 2.45) is 5.73 Å². The van der Waals surface area contributed by atoms with Crippen LogP contribution in [-0.4, -0.2) is 6.54 Å². The highest BCUT2D eigenvalue weighted by molar-refractivity contribution is 9.10. The summed E-state index contributed by atoms with van der Waals surface area (Å²) in [5.74, 6) is 0.883. The molecule has 0 aliphatic rings. The Balaban J connectivity index is 2.08. The van der Waals surface area contributed by atoms with Gasteiger partial charge >= 0.3 is 0 Å². The first kappa shape index (κ1) is 13.9. The summed E-state index contributed by atoms with van der Waals surface area (Å²) >= 11 is 10.9. The van der Waals surface area contributed by atoms with Crippen molar-refractivity contribution in [1.82, 2.24) is 0 Å². The predicted octanol–water partition coefficient (Wildman–Crippen LogP) is 4.24. The Morgan fingerprint density at radius 1 is 1.28 bits per heavy atom. The van der Waals surface area contributed by atoms with E-state index in [2.05, 4.69) is 15.9 Å². The van der Waals surface area contributed by atoms with Crippen LogP contribution in [0, 0.1) is 0 Å². The Hall–Kier alpha value is -0.550. The molecule has 0 amide bonds. The number of thiophene rings is 1. The molecule has 0 saturated carbocycles. The summed E-state index contributed by atoms with van der Waals surface area (Å²) in [6, 6.07) is 9.84. The highest BCUT2D eigenvalue weighted by Crippen LogP contribution is 2.26. The van der Waals surface area contributed by atoms with Gasteiger partial charge in [-0.2, -0.15) is 0 Å². The zero-order valence-electron chi connectivity index (χ0n) is 9.66. The van der Waals surface area contributed by atoms with E-state index in [1.165, 1.54) is 11.3 Å². The summed E-state index contributed by atoms with van der Waals surface area (Å²) in [5.41, 5.74) is 6.72. The SMILES string of the molecule is NCCc1cc(Br)ccc1OCc1ccc(Cl)s1. The van der Waals surface area contributed by atoms with Gasteiger partial charge in [-0.15, -0.1) is 11.3 Å². The largest absolute Gasteiger partial charge is 0.488 e. The van der Waals surface area contributed by atoms with Gasteiger partial charge in [0.05, 0.1) is 4.34 Å². The van der Waals surface area contributed by atoms with Crippen molar-refractivity contribution in [1.29, 1.82) is 0 Å². The van der Waals surface area contributed by atoms with Gasteiger partial charge in [-0.05, 0) is 48.9 Å². The zero-order chi connectivity index (χ0) is 13.0. The van der Waals surface area contributed by atoms with Crippen LogP contribution in [0.25, 0.3) is 0 Å². The van der Waals surface area contributed by atoms with E-state index in [-0.39, 0.29) is 0 Å². The highest BCUT2D eigenvalue weighted by Gasteiger charge is 2.05. The number of benzene rings is 1. The van der Waals surface area contributed by atoms with E-state index in [1.54, 1.807) is 0 Å². The maximum absolute atomic E-state index is 5.88. The summed E-state index contributed by atoms with van der Waals surface area (Å²) in [5, 5.41) is 0. The van der Waals surface area contributed by atoms with Crippen LogP contribution in [0.5, 0.6) is 5.75 Å². The lowest BCUT2D eigenvalue weighted by molar-refractivity contribution is 0.306. The van der Waals surface area contributed by atoms with E-state index in [9.17, 15) is 0 Å². The van der Waals surface area contributed by atoms with Gasteiger partial charge in [-0.25, -0.2) is 0 Å². The van der Waals surface area contributed by atoms with Crippen molar-refractivity contribution in [2.75, 3.05) is 6.54 Å². The normalized spacial score (nSPS) is 10.6. The van der Waals surface area contributed by atoms with E-state index in [1.807, 2.05) is 30.3 Å². The summed E-state index contributed by atoms with van der Waals surface area (Å²) in [6.07, 6.45) is 0.806. The smallest absolute Gasteiger partial charge is 0.123 e. The number of nitrogens with two attached hydrogens (primary N) is 1. The van der Waals surface area contributed by atoms with Crippen LogP contribution in [0.2, 0.25) is 4.34 Å². The van der Waals surface area contributed by atoms with E-state index < -0.39 is 0 Å². The van der Waals surface area contributed by atoms with Crippen LogP contribution in [0.15, 0.2) is 34.8 Å². The highest BCUT2D eigenvalue weighted by atomic mass is 79.9. The third-order valence-electron chi connectivity index (χ3n) is 2.43. The molecule has 2 N–H and O–H groups in total. The molecule has 18 heavy (non-hydrogen) atoms. The molecule has 0 fully saturated rings. The Labute approximate surface area is 124 Å². The molecule has 0 aliphatic heterocycles.